The molecule has 1 aromatic carbocycles. The Balaban J connectivity index is 2.74. The predicted molar refractivity (Wildman–Crippen MR) is 91.7 cm³/mol. The third-order valence-corrected chi connectivity index (χ3v) is 3.03. The van der Waals surface area contributed by atoms with Gasteiger partial charge in [0.25, 0.3) is 0 Å². The summed E-state index contributed by atoms with van der Waals surface area (Å²) in [4.78, 5) is 4.61. The molecule has 0 saturated heterocycles. The maximum Gasteiger partial charge on any atom is 0.191 e. The van der Waals surface area contributed by atoms with Crippen LogP contribution in [0.25, 0.3) is 0 Å². The Morgan fingerprint density at radius 3 is 2.68 bits per heavy atom. The maximum atomic E-state index is 5.83. The van der Waals surface area contributed by atoms with Gasteiger partial charge in [0.05, 0.1) is 19.8 Å². The van der Waals surface area contributed by atoms with Crippen molar-refractivity contribution in [2.24, 2.45) is 4.99 Å². The first-order valence-electron chi connectivity index (χ1n) is 7.94. The molecule has 0 aromatic heterocycles. The molecule has 0 spiro atoms. The smallest absolute Gasteiger partial charge is 0.191 e. The van der Waals surface area contributed by atoms with Gasteiger partial charge in [-0.3, -0.25) is 0 Å². The van der Waals surface area contributed by atoms with E-state index in [1.54, 1.807) is 7.11 Å². The number of nitrogens with one attached hydrogen (secondary N) is 2. The molecular formula is C17H29N3O2. The monoisotopic (exact) mass is 307 g/mol. The van der Waals surface area contributed by atoms with Crippen LogP contribution in [0.15, 0.2) is 23.2 Å². The summed E-state index contributed by atoms with van der Waals surface area (Å²) >= 11 is 0. The highest BCUT2D eigenvalue weighted by Gasteiger charge is 2.04. The van der Waals surface area contributed by atoms with Crippen LogP contribution >= 0.6 is 0 Å². The minimum absolute atomic E-state index is 0.585. The number of aryl methyl sites for hydroxylation is 1. The number of ether oxygens (including phenoxy) is 2. The fourth-order valence-corrected chi connectivity index (χ4v) is 1.92. The van der Waals surface area contributed by atoms with Gasteiger partial charge in [-0.15, -0.1) is 0 Å². The summed E-state index contributed by atoms with van der Waals surface area (Å²) in [7, 11) is 1.69. The van der Waals surface area contributed by atoms with Crippen molar-refractivity contribution in [3.8, 4) is 5.75 Å². The van der Waals surface area contributed by atoms with Crippen molar-refractivity contribution in [2.45, 2.75) is 33.7 Å². The zero-order chi connectivity index (χ0) is 16.2. The van der Waals surface area contributed by atoms with Crippen molar-refractivity contribution in [2.75, 3.05) is 33.4 Å². The lowest BCUT2D eigenvalue weighted by Gasteiger charge is -2.13. The number of rotatable bonds is 9. The molecule has 0 fully saturated rings. The van der Waals surface area contributed by atoms with Crippen LogP contribution in [0, 0.1) is 6.92 Å². The SMILES string of the molecule is CCCOc1cc(C)ccc1CN=C(NCC)NCCOC. The molecule has 5 heteroatoms. The van der Waals surface area contributed by atoms with Crippen LogP contribution in [-0.4, -0.2) is 39.4 Å². The van der Waals surface area contributed by atoms with Gasteiger partial charge in [-0.2, -0.15) is 0 Å². The van der Waals surface area contributed by atoms with Gasteiger partial charge in [0.2, 0.25) is 0 Å². The first-order chi connectivity index (χ1) is 10.7. The van der Waals surface area contributed by atoms with Crippen LogP contribution < -0.4 is 15.4 Å². The van der Waals surface area contributed by atoms with Gasteiger partial charge in [0.15, 0.2) is 5.96 Å². The second-order valence-electron chi connectivity index (χ2n) is 5.07. The van der Waals surface area contributed by atoms with E-state index in [2.05, 4.69) is 54.6 Å². The van der Waals surface area contributed by atoms with E-state index in [1.165, 1.54) is 5.56 Å². The molecule has 22 heavy (non-hydrogen) atoms. The van der Waals surface area contributed by atoms with Gasteiger partial charge >= 0.3 is 0 Å². The number of methoxy groups -OCH3 is 1. The molecule has 0 aliphatic heterocycles. The number of aliphatic imine (C=N–C) groups is 1. The zero-order valence-corrected chi connectivity index (χ0v) is 14.2. The molecule has 0 unspecified atom stereocenters. The van der Waals surface area contributed by atoms with Crippen molar-refractivity contribution in [3.63, 3.8) is 0 Å². The molecule has 0 heterocycles. The fourth-order valence-electron chi connectivity index (χ4n) is 1.92. The van der Waals surface area contributed by atoms with Crippen molar-refractivity contribution in [1.82, 2.24) is 10.6 Å². The summed E-state index contributed by atoms with van der Waals surface area (Å²) in [6.07, 6.45) is 0.998. The summed E-state index contributed by atoms with van der Waals surface area (Å²) in [5.41, 5.74) is 2.30. The van der Waals surface area contributed by atoms with E-state index in [4.69, 9.17) is 9.47 Å². The Labute approximate surface area is 134 Å². The highest BCUT2D eigenvalue weighted by Crippen LogP contribution is 2.21. The van der Waals surface area contributed by atoms with Crippen LogP contribution in [0.4, 0.5) is 0 Å². The van der Waals surface area contributed by atoms with Crippen LogP contribution in [0.3, 0.4) is 0 Å². The first kappa shape index (κ1) is 18.3. The quantitative estimate of drug-likeness (QED) is 0.418. The average Bonchev–Trinajstić information content (AvgIpc) is 2.52. The number of hydrogen-bond donors (Lipinski definition) is 2. The molecular weight excluding hydrogens is 278 g/mol. The minimum atomic E-state index is 0.585. The Hall–Kier alpha value is -1.75. The van der Waals surface area contributed by atoms with Crippen molar-refractivity contribution in [1.29, 1.82) is 0 Å². The van der Waals surface area contributed by atoms with Gasteiger partial charge in [-0.1, -0.05) is 19.1 Å². The highest BCUT2D eigenvalue weighted by atomic mass is 16.5. The average molecular weight is 307 g/mol. The highest BCUT2D eigenvalue weighted by molar-refractivity contribution is 5.79. The molecule has 1 rings (SSSR count). The topological polar surface area (TPSA) is 54.9 Å². The molecule has 0 aliphatic rings. The fraction of sp³-hybridized carbons (Fsp3) is 0.588. The van der Waals surface area contributed by atoms with Crippen LogP contribution in [0.5, 0.6) is 5.75 Å². The Bertz CT molecular complexity index is 461. The summed E-state index contributed by atoms with van der Waals surface area (Å²) in [5.74, 6) is 1.72. The van der Waals surface area contributed by atoms with Gasteiger partial charge in [-0.05, 0) is 31.9 Å². The number of guanidine groups is 1. The van der Waals surface area contributed by atoms with Gasteiger partial charge in [0.1, 0.15) is 5.75 Å². The lowest BCUT2D eigenvalue weighted by atomic mass is 10.1. The third-order valence-electron chi connectivity index (χ3n) is 3.03. The number of hydrogen-bond acceptors (Lipinski definition) is 3. The molecule has 0 radical (unpaired) electrons. The van der Waals surface area contributed by atoms with E-state index in [1.807, 2.05) is 0 Å². The Kier molecular flexibility index (Phi) is 9.07. The molecule has 0 amide bonds. The normalized spacial score (nSPS) is 11.4. The van der Waals surface area contributed by atoms with Gasteiger partial charge in [0, 0.05) is 25.8 Å². The molecule has 0 atom stereocenters. The number of nitrogens with zero attached hydrogens (tertiary/aromatic N) is 1. The summed E-state index contributed by atoms with van der Waals surface area (Å²) in [6, 6.07) is 6.25. The summed E-state index contributed by atoms with van der Waals surface area (Å²) in [5, 5.41) is 6.47. The second kappa shape index (κ2) is 10.9. The molecule has 0 bridgehead atoms. The maximum absolute atomic E-state index is 5.83. The molecule has 0 saturated carbocycles. The third kappa shape index (κ3) is 6.80. The number of benzene rings is 1. The predicted octanol–water partition coefficient (Wildman–Crippen LogP) is 2.49. The van der Waals surface area contributed by atoms with E-state index in [-0.39, 0.29) is 0 Å². The van der Waals surface area contributed by atoms with E-state index >= 15 is 0 Å². The van der Waals surface area contributed by atoms with Crippen LogP contribution in [-0.2, 0) is 11.3 Å². The molecule has 1 aromatic rings. The van der Waals surface area contributed by atoms with Crippen molar-refractivity contribution >= 4 is 5.96 Å². The lowest BCUT2D eigenvalue weighted by molar-refractivity contribution is 0.203. The minimum Gasteiger partial charge on any atom is -0.493 e. The lowest BCUT2D eigenvalue weighted by Crippen LogP contribution is -2.38. The summed E-state index contributed by atoms with van der Waals surface area (Å²) < 4.78 is 10.9. The van der Waals surface area contributed by atoms with Gasteiger partial charge < -0.3 is 20.1 Å². The largest absolute Gasteiger partial charge is 0.493 e. The standard InChI is InChI=1S/C17H29N3O2/c1-5-10-22-16-12-14(3)7-8-15(16)13-20-17(18-6-2)19-9-11-21-4/h7-8,12H,5-6,9-11,13H2,1-4H3,(H2,18,19,20). The molecule has 124 valence electrons. The first-order valence-corrected chi connectivity index (χ1v) is 7.94. The Morgan fingerprint density at radius 1 is 1.18 bits per heavy atom. The molecule has 5 nitrogen and oxygen atoms in total. The van der Waals surface area contributed by atoms with Crippen molar-refractivity contribution < 1.29 is 9.47 Å². The van der Waals surface area contributed by atoms with E-state index in [9.17, 15) is 0 Å². The van der Waals surface area contributed by atoms with Crippen molar-refractivity contribution in [3.05, 3.63) is 29.3 Å². The van der Waals surface area contributed by atoms with Crippen LogP contribution in [0.2, 0.25) is 0 Å². The van der Waals surface area contributed by atoms with Gasteiger partial charge in [-0.25, -0.2) is 4.99 Å². The van der Waals surface area contributed by atoms with Crippen LogP contribution in [0.1, 0.15) is 31.4 Å². The summed E-state index contributed by atoms with van der Waals surface area (Å²) in [6.45, 7) is 9.75. The zero-order valence-electron chi connectivity index (χ0n) is 14.2. The molecule has 2 N–H and O–H groups in total. The van der Waals surface area contributed by atoms with E-state index in [0.29, 0.717) is 13.2 Å². The van der Waals surface area contributed by atoms with E-state index < -0.39 is 0 Å². The van der Waals surface area contributed by atoms with E-state index in [0.717, 1.165) is 43.4 Å². The Morgan fingerprint density at radius 2 is 2.00 bits per heavy atom. The second-order valence-corrected chi connectivity index (χ2v) is 5.07. The molecule has 0 aliphatic carbocycles.